The molecule has 0 bridgehead atoms. The Morgan fingerprint density at radius 2 is 1.88 bits per heavy atom. The molecular weight excluding hydrogens is 334 g/mol. The smallest absolute Gasteiger partial charge is 0.319 e. The summed E-state index contributed by atoms with van der Waals surface area (Å²) in [7, 11) is 0. The predicted octanol–water partition coefficient (Wildman–Crippen LogP) is 2.85. The third-order valence-corrected chi connectivity index (χ3v) is 3.14. The first-order valence-electron chi connectivity index (χ1n) is 7.47. The molecule has 1 rings (SSSR count). The number of nitrogens with one attached hydrogen (secondary N) is 3. The molecule has 0 spiro atoms. The van der Waals surface area contributed by atoms with Crippen LogP contribution >= 0.6 is 11.6 Å². The summed E-state index contributed by atoms with van der Waals surface area (Å²) in [4.78, 5) is 34.4. The van der Waals surface area contributed by atoms with Gasteiger partial charge in [0.1, 0.15) is 0 Å². The highest BCUT2D eigenvalue weighted by Gasteiger charge is 2.15. The number of carbonyl (C=O) groups is 3. The van der Waals surface area contributed by atoms with Gasteiger partial charge in [-0.15, -0.1) is 0 Å². The van der Waals surface area contributed by atoms with Gasteiger partial charge in [-0.25, -0.2) is 4.79 Å². The van der Waals surface area contributed by atoms with Gasteiger partial charge >= 0.3 is 12.0 Å². The van der Waals surface area contributed by atoms with E-state index in [-0.39, 0.29) is 29.1 Å². The van der Waals surface area contributed by atoms with Crippen LogP contribution in [0.4, 0.5) is 10.5 Å². The molecule has 0 fully saturated rings. The van der Waals surface area contributed by atoms with E-state index in [2.05, 4.69) is 16.0 Å². The van der Waals surface area contributed by atoms with E-state index in [9.17, 15) is 14.4 Å². The van der Waals surface area contributed by atoms with Gasteiger partial charge in [0.25, 0.3) is 5.91 Å². The second kappa shape index (κ2) is 8.54. The van der Waals surface area contributed by atoms with Crippen LogP contribution < -0.4 is 16.0 Å². The Bertz CT molecular complexity index is 626. The SMILES string of the molecule is CC(C)(C)NC(=O)Nc1ccc(Cl)c(C(=O)NCCCC(=O)O)c1. The highest BCUT2D eigenvalue weighted by atomic mass is 35.5. The molecule has 132 valence electrons. The lowest BCUT2D eigenvalue weighted by Crippen LogP contribution is -2.43. The zero-order valence-corrected chi connectivity index (χ0v) is 14.7. The van der Waals surface area contributed by atoms with Gasteiger partial charge in [-0.3, -0.25) is 9.59 Å². The van der Waals surface area contributed by atoms with Crippen LogP contribution in [0, 0.1) is 0 Å². The fourth-order valence-corrected chi connectivity index (χ4v) is 2.02. The number of rotatable bonds is 6. The summed E-state index contributed by atoms with van der Waals surface area (Å²) in [5.41, 5.74) is 0.248. The molecule has 0 heterocycles. The fraction of sp³-hybridized carbons (Fsp3) is 0.438. The van der Waals surface area contributed by atoms with Crippen molar-refractivity contribution in [3.05, 3.63) is 28.8 Å². The van der Waals surface area contributed by atoms with Gasteiger partial charge in [0.2, 0.25) is 0 Å². The Labute approximate surface area is 145 Å². The molecular formula is C16H22ClN3O4. The molecule has 1 aromatic carbocycles. The van der Waals surface area contributed by atoms with E-state index in [4.69, 9.17) is 16.7 Å². The van der Waals surface area contributed by atoms with Gasteiger partial charge < -0.3 is 21.1 Å². The van der Waals surface area contributed by atoms with Crippen molar-refractivity contribution in [1.29, 1.82) is 0 Å². The number of carboxylic acid groups (broad SMARTS) is 1. The molecule has 0 radical (unpaired) electrons. The lowest BCUT2D eigenvalue weighted by atomic mass is 10.1. The van der Waals surface area contributed by atoms with E-state index in [0.717, 1.165) is 0 Å². The van der Waals surface area contributed by atoms with Gasteiger partial charge in [-0.05, 0) is 45.4 Å². The summed E-state index contributed by atoms with van der Waals surface area (Å²) < 4.78 is 0. The maximum absolute atomic E-state index is 12.1. The normalized spacial score (nSPS) is 10.8. The van der Waals surface area contributed by atoms with Gasteiger partial charge in [0, 0.05) is 24.2 Å². The molecule has 0 aliphatic carbocycles. The number of anilines is 1. The second-order valence-corrected chi connectivity index (χ2v) is 6.68. The van der Waals surface area contributed by atoms with Gasteiger partial charge in [0.15, 0.2) is 0 Å². The first kappa shape index (κ1) is 19.8. The van der Waals surface area contributed by atoms with Crippen LogP contribution in [0.25, 0.3) is 0 Å². The molecule has 1 aromatic rings. The molecule has 4 N–H and O–H groups in total. The molecule has 0 aliphatic rings. The monoisotopic (exact) mass is 355 g/mol. The number of amides is 3. The van der Waals surface area contributed by atoms with Crippen molar-refractivity contribution in [3.8, 4) is 0 Å². The third kappa shape index (κ3) is 7.32. The Morgan fingerprint density at radius 3 is 2.46 bits per heavy atom. The number of benzene rings is 1. The molecule has 7 nitrogen and oxygen atoms in total. The van der Waals surface area contributed by atoms with Crippen LogP contribution in [0.15, 0.2) is 18.2 Å². The molecule has 8 heteroatoms. The van der Waals surface area contributed by atoms with Gasteiger partial charge in [-0.2, -0.15) is 0 Å². The number of halogens is 1. The van der Waals surface area contributed by atoms with Crippen molar-refractivity contribution < 1.29 is 19.5 Å². The molecule has 0 aliphatic heterocycles. The Kier molecular flexibility index (Phi) is 7.03. The predicted molar refractivity (Wildman–Crippen MR) is 92.6 cm³/mol. The average Bonchev–Trinajstić information content (AvgIpc) is 2.43. The first-order valence-corrected chi connectivity index (χ1v) is 7.85. The number of carbonyl (C=O) groups excluding carboxylic acids is 2. The van der Waals surface area contributed by atoms with Crippen molar-refractivity contribution in [1.82, 2.24) is 10.6 Å². The Balaban J connectivity index is 2.70. The van der Waals surface area contributed by atoms with E-state index >= 15 is 0 Å². The van der Waals surface area contributed by atoms with Gasteiger partial charge in [0.05, 0.1) is 10.6 Å². The summed E-state index contributed by atoms with van der Waals surface area (Å²) in [6, 6.07) is 4.18. The van der Waals surface area contributed by atoms with Crippen LogP contribution in [0.3, 0.4) is 0 Å². The average molecular weight is 356 g/mol. The van der Waals surface area contributed by atoms with Crippen molar-refractivity contribution in [2.75, 3.05) is 11.9 Å². The minimum atomic E-state index is -0.918. The van der Waals surface area contributed by atoms with Crippen molar-refractivity contribution >= 4 is 35.2 Å². The summed E-state index contributed by atoms with van der Waals surface area (Å²) in [5, 5.41) is 16.8. The van der Waals surface area contributed by atoms with E-state index in [0.29, 0.717) is 12.1 Å². The zero-order chi connectivity index (χ0) is 18.3. The van der Waals surface area contributed by atoms with Crippen LogP contribution in [-0.4, -0.2) is 35.1 Å². The van der Waals surface area contributed by atoms with E-state index in [1.54, 1.807) is 6.07 Å². The van der Waals surface area contributed by atoms with Crippen molar-refractivity contribution in [2.45, 2.75) is 39.2 Å². The van der Waals surface area contributed by atoms with E-state index in [1.165, 1.54) is 12.1 Å². The standard InChI is InChI=1S/C16H22ClN3O4/c1-16(2,3)20-15(24)19-10-6-7-12(17)11(9-10)14(23)18-8-4-5-13(21)22/h6-7,9H,4-5,8H2,1-3H3,(H,18,23)(H,21,22)(H2,19,20,24). The lowest BCUT2D eigenvalue weighted by molar-refractivity contribution is -0.137. The summed E-state index contributed by atoms with van der Waals surface area (Å²) in [6.45, 7) is 5.78. The highest BCUT2D eigenvalue weighted by molar-refractivity contribution is 6.34. The van der Waals surface area contributed by atoms with Crippen LogP contribution in [0.2, 0.25) is 5.02 Å². The number of carboxylic acids is 1. The molecule has 0 saturated heterocycles. The Hall–Kier alpha value is -2.28. The van der Waals surface area contributed by atoms with Crippen LogP contribution in [-0.2, 0) is 4.79 Å². The topological polar surface area (TPSA) is 108 Å². The molecule has 0 atom stereocenters. The fourth-order valence-electron chi connectivity index (χ4n) is 1.82. The van der Waals surface area contributed by atoms with Crippen molar-refractivity contribution in [2.24, 2.45) is 0 Å². The third-order valence-electron chi connectivity index (χ3n) is 2.81. The van der Waals surface area contributed by atoms with Crippen molar-refractivity contribution in [3.63, 3.8) is 0 Å². The largest absolute Gasteiger partial charge is 0.481 e. The van der Waals surface area contributed by atoms with E-state index < -0.39 is 17.9 Å². The van der Waals surface area contributed by atoms with Gasteiger partial charge in [-0.1, -0.05) is 11.6 Å². The maximum atomic E-state index is 12.1. The molecule has 24 heavy (non-hydrogen) atoms. The summed E-state index contributed by atoms with van der Waals surface area (Å²) in [6.07, 6.45) is 0.299. The highest BCUT2D eigenvalue weighted by Crippen LogP contribution is 2.20. The van der Waals surface area contributed by atoms with Crippen LogP contribution in [0.1, 0.15) is 44.0 Å². The number of urea groups is 1. The van der Waals surface area contributed by atoms with E-state index in [1.807, 2.05) is 20.8 Å². The lowest BCUT2D eigenvalue weighted by Gasteiger charge is -2.21. The molecule has 0 aromatic heterocycles. The Morgan fingerprint density at radius 1 is 1.21 bits per heavy atom. The minimum Gasteiger partial charge on any atom is -0.481 e. The molecule has 0 saturated carbocycles. The molecule has 3 amide bonds. The molecule has 0 unspecified atom stereocenters. The number of hydrogen-bond donors (Lipinski definition) is 4. The second-order valence-electron chi connectivity index (χ2n) is 6.28. The summed E-state index contributed by atoms with van der Waals surface area (Å²) in [5.74, 6) is -1.34. The first-order chi connectivity index (χ1) is 11.1. The quantitative estimate of drug-likeness (QED) is 0.588. The zero-order valence-electron chi connectivity index (χ0n) is 13.9. The summed E-state index contributed by atoms with van der Waals surface area (Å²) >= 11 is 6.01. The number of aliphatic carboxylic acids is 1. The number of hydrogen-bond acceptors (Lipinski definition) is 3. The maximum Gasteiger partial charge on any atom is 0.319 e. The van der Waals surface area contributed by atoms with Crippen LogP contribution in [0.5, 0.6) is 0 Å². The minimum absolute atomic E-state index is 0.0252.